The van der Waals surface area contributed by atoms with Gasteiger partial charge >= 0.3 is 0 Å². The summed E-state index contributed by atoms with van der Waals surface area (Å²) in [6.45, 7) is 1.59. The van der Waals surface area contributed by atoms with Crippen LogP contribution in [-0.2, 0) is 9.53 Å². The van der Waals surface area contributed by atoms with E-state index in [9.17, 15) is 9.90 Å². The highest BCUT2D eigenvalue weighted by Gasteiger charge is 2.22. The van der Waals surface area contributed by atoms with Crippen LogP contribution in [0.1, 0.15) is 32.1 Å². The molecule has 5 nitrogen and oxygen atoms in total. The monoisotopic (exact) mass is 244 g/mol. The molecule has 3 N–H and O–H groups in total. The zero-order chi connectivity index (χ0) is 12.5. The summed E-state index contributed by atoms with van der Waals surface area (Å²) in [7, 11) is 1.65. The van der Waals surface area contributed by atoms with Crippen LogP contribution in [0.4, 0.5) is 0 Å². The third kappa shape index (κ3) is 6.00. The molecule has 17 heavy (non-hydrogen) atoms. The van der Waals surface area contributed by atoms with Crippen LogP contribution in [0, 0.1) is 0 Å². The predicted octanol–water partition coefficient (Wildman–Crippen LogP) is 0.0322. The Kier molecular flexibility index (Phi) is 7.16. The van der Waals surface area contributed by atoms with Crippen LogP contribution >= 0.6 is 0 Å². The highest BCUT2D eigenvalue weighted by molar-refractivity contribution is 5.77. The lowest BCUT2D eigenvalue weighted by molar-refractivity contribution is -0.120. The first-order valence-corrected chi connectivity index (χ1v) is 6.41. The molecule has 5 heteroatoms. The van der Waals surface area contributed by atoms with Crippen molar-refractivity contribution in [3.05, 3.63) is 0 Å². The Balaban J connectivity index is 2.06. The number of rotatable bonds is 7. The summed E-state index contributed by atoms with van der Waals surface area (Å²) < 4.78 is 4.89. The molecule has 2 unspecified atom stereocenters. The summed E-state index contributed by atoms with van der Waals surface area (Å²) in [5, 5.41) is 15.6. The van der Waals surface area contributed by atoms with Crippen molar-refractivity contribution in [1.82, 2.24) is 10.6 Å². The molecule has 1 amide bonds. The highest BCUT2D eigenvalue weighted by atomic mass is 16.5. The number of amides is 1. The third-order valence-corrected chi connectivity index (χ3v) is 3.10. The molecule has 0 saturated heterocycles. The molecule has 0 aliphatic heterocycles. The molecule has 0 bridgehead atoms. The van der Waals surface area contributed by atoms with Crippen molar-refractivity contribution in [1.29, 1.82) is 0 Å². The van der Waals surface area contributed by atoms with Crippen LogP contribution < -0.4 is 10.6 Å². The Morgan fingerprint density at radius 1 is 1.41 bits per heavy atom. The minimum atomic E-state index is -0.301. The van der Waals surface area contributed by atoms with Crippen LogP contribution in [0.25, 0.3) is 0 Å². The predicted molar refractivity (Wildman–Crippen MR) is 65.8 cm³/mol. The Morgan fingerprint density at radius 3 is 2.88 bits per heavy atom. The minimum absolute atomic E-state index is 0.0149. The van der Waals surface area contributed by atoms with E-state index in [4.69, 9.17) is 4.74 Å². The molecule has 1 fully saturated rings. The Bertz CT molecular complexity index is 224. The molecule has 100 valence electrons. The number of hydrogen-bond donors (Lipinski definition) is 3. The molecular formula is C12H24N2O3. The van der Waals surface area contributed by atoms with Gasteiger partial charge in [-0.25, -0.2) is 0 Å². The lowest BCUT2D eigenvalue weighted by Gasteiger charge is -2.28. The zero-order valence-electron chi connectivity index (χ0n) is 10.6. The number of nitrogens with one attached hydrogen (secondary N) is 2. The van der Waals surface area contributed by atoms with Crippen molar-refractivity contribution in [2.24, 2.45) is 0 Å². The van der Waals surface area contributed by atoms with Gasteiger partial charge in [-0.05, 0) is 19.3 Å². The van der Waals surface area contributed by atoms with Crippen molar-refractivity contribution in [3.8, 4) is 0 Å². The molecule has 0 spiro atoms. The maximum absolute atomic E-state index is 11.5. The van der Waals surface area contributed by atoms with E-state index in [-0.39, 0.29) is 24.6 Å². The Hall–Kier alpha value is -0.650. The van der Waals surface area contributed by atoms with Gasteiger partial charge in [-0.3, -0.25) is 4.79 Å². The zero-order valence-corrected chi connectivity index (χ0v) is 10.6. The van der Waals surface area contributed by atoms with E-state index in [1.165, 1.54) is 0 Å². The van der Waals surface area contributed by atoms with E-state index in [0.717, 1.165) is 32.1 Å². The Morgan fingerprint density at radius 2 is 2.18 bits per heavy atom. The first-order chi connectivity index (χ1) is 8.24. The number of carbonyl (C=O) groups excluding carboxylic acids is 1. The topological polar surface area (TPSA) is 70.6 Å². The standard InChI is InChI=1S/C12H24N2O3/c1-17-8-4-7-13-12(16)9-14-10-5-2-3-6-11(10)15/h10-11,14-15H,2-9H2,1H3,(H,13,16). The van der Waals surface area contributed by atoms with E-state index < -0.39 is 0 Å². The van der Waals surface area contributed by atoms with E-state index in [1.54, 1.807) is 7.11 Å². The van der Waals surface area contributed by atoms with Crippen molar-refractivity contribution < 1.29 is 14.6 Å². The largest absolute Gasteiger partial charge is 0.392 e. The maximum atomic E-state index is 11.5. The summed E-state index contributed by atoms with van der Waals surface area (Å²) in [5.74, 6) is -0.0149. The SMILES string of the molecule is COCCCNC(=O)CNC1CCCCC1O. The molecule has 0 radical (unpaired) electrons. The van der Waals surface area contributed by atoms with E-state index in [1.807, 2.05) is 0 Å². The average Bonchev–Trinajstić information content (AvgIpc) is 2.34. The van der Waals surface area contributed by atoms with E-state index in [2.05, 4.69) is 10.6 Å². The second-order valence-electron chi connectivity index (χ2n) is 4.54. The summed E-state index contributed by atoms with van der Waals surface area (Å²) in [6.07, 6.45) is 4.54. The van der Waals surface area contributed by atoms with Crippen LogP contribution in [0.15, 0.2) is 0 Å². The number of aliphatic hydroxyl groups excluding tert-OH is 1. The maximum Gasteiger partial charge on any atom is 0.233 e. The quantitative estimate of drug-likeness (QED) is 0.553. The molecule has 1 rings (SSSR count). The first kappa shape index (κ1) is 14.4. The van der Waals surface area contributed by atoms with E-state index >= 15 is 0 Å². The summed E-state index contributed by atoms with van der Waals surface area (Å²) in [6, 6.07) is 0.0773. The fourth-order valence-electron chi connectivity index (χ4n) is 2.08. The number of carbonyl (C=O) groups is 1. The highest BCUT2D eigenvalue weighted by Crippen LogP contribution is 2.17. The number of hydrogen-bond acceptors (Lipinski definition) is 4. The van der Waals surface area contributed by atoms with Gasteiger partial charge in [0.2, 0.25) is 5.91 Å². The third-order valence-electron chi connectivity index (χ3n) is 3.10. The Labute approximate surface area is 103 Å². The first-order valence-electron chi connectivity index (χ1n) is 6.41. The molecule has 1 saturated carbocycles. The summed E-state index contributed by atoms with van der Waals surface area (Å²) in [4.78, 5) is 11.5. The number of methoxy groups -OCH3 is 1. The number of aliphatic hydroxyl groups is 1. The second kappa shape index (κ2) is 8.44. The number of ether oxygens (including phenoxy) is 1. The van der Waals surface area contributed by atoms with Gasteiger partial charge in [-0.2, -0.15) is 0 Å². The van der Waals surface area contributed by atoms with E-state index in [0.29, 0.717) is 13.2 Å². The lowest BCUT2D eigenvalue weighted by atomic mass is 9.93. The second-order valence-corrected chi connectivity index (χ2v) is 4.54. The molecular weight excluding hydrogens is 220 g/mol. The molecule has 0 aromatic carbocycles. The van der Waals surface area contributed by atoms with Crippen LogP contribution in [-0.4, -0.2) is 50.0 Å². The normalized spacial score (nSPS) is 24.6. The van der Waals surface area contributed by atoms with Gasteiger partial charge in [0.25, 0.3) is 0 Å². The van der Waals surface area contributed by atoms with Gasteiger partial charge in [0.05, 0.1) is 12.6 Å². The molecule has 0 heterocycles. The molecule has 2 atom stereocenters. The lowest BCUT2D eigenvalue weighted by Crippen LogP contribution is -2.46. The van der Waals surface area contributed by atoms with Gasteiger partial charge in [0.1, 0.15) is 0 Å². The average molecular weight is 244 g/mol. The molecule has 1 aliphatic rings. The van der Waals surface area contributed by atoms with Crippen LogP contribution in [0.3, 0.4) is 0 Å². The smallest absolute Gasteiger partial charge is 0.233 e. The fourth-order valence-corrected chi connectivity index (χ4v) is 2.08. The summed E-state index contributed by atoms with van der Waals surface area (Å²) >= 11 is 0. The van der Waals surface area contributed by atoms with Crippen molar-refractivity contribution in [3.63, 3.8) is 0 Å². The fraction of sp³-hybridized carbons (Fsp3) is 0.917. The van der Waals surface area contributed by atoms with Gasteiger partial charge in [-0.1, -0.05) is 12.8 Å². The van der Waals surface area contributed by atoms with Gasteiger partial charge < -0.3 is 20.5 Å². The van der Waals surface area contributed by atoms with Gasteiger partial charge in [0.15, 0.2) is 0 Å². The molecule has 1 aliphatic carbocycles. The molecule has 0 aromatic rings. The van der Waals surface area contributed by atoms with Gasteiger partial charge in [-0.15, -0.1) is 0 Å². The summed E-state index contributed by atoms with van der Waals surface area (Å²) in [5.41, 5.74) is 0. The van der Waals surface area contributed by atoms with Crippen LogP contribution in [0.2, 0.25) is 0 Å². The minimum Gasteiger partial charge on any atom is -0.392 e. The van der Waals surface area contributed by atoms with Crippen molar-refractivity contribution in [2.75, 3.05) is 26.8 Å². The van der Waals surface area contributed by atoms with Crippen molar-refractivity contribution >= 4 is 5.91 Å². The van der Waals surface area contributed by atoms with Crippen LogP contribution in [0.5, 0.6) is 0 Å². The van der Waals surface area contributed by atoms with Gasteiger partial charge in [0, 0.05) is 26.3 Å². The van der Waals surface area contributed by atoms with Crippen molar-refractivity contribution in [2.45, 2.75) is 44.2 Å². The molecule has 0 aromatic heterocycles.